The molecule has 0 fully saturated rings. The Morgan fingerprint density at radius 2 is 1.75 bits per heavy atom. The lowest BCUT2D eigenvalue weighted by atomic mass is 10.1. The molecule has 1 aliphatic rings. The van der Waals surface area contributed by atoms with Gasteiger partial charge in [-0.3, -0.25) is 14.5 Å². The summed E-state index contributed by atoms with van der Waals surface area (Å²) < 4.78 is 7.08. The molecule has 0 aliphatic carbocycles. The predicted molar refractivity (Wildman–Crippen MR) is 86.4 cm³/mol. The van der Waals surface area contributed by atoms with E-state index in [0.717, 1.165) is 0 Å². The fourth-order valence-electron chi connectivity index (χ4n) is 2.54. The Bertz CT molecular complexity index is 898. The number of benzene rings is 1. The van der Waals surface area contributed by atoms with Crippen molar-refractivity contribution in [3.8, 4) is 11.6 Å². The molecular formula is C16H12N4O3S. The van der Waals surface area contributed by atoms with Crippen LogP contribution in [0, 0.1) is 0 Å². The van der Waals surface area contributed by atoms with Gasteiger partial charge >= 0.3 is 0 Å². The molecule has 0 N–H and O–H groups in total. The van der Waals surface area contributed by atoms with Crippen molar-refractivity contribution in [1.29, 1.82) is 0 Å². The Morgan fingerprint density at radius 3 is 2.38 bits per heavy atom. The van der Waals surface area contributed by atoms with Gasteiger partial charge in [0.2, 0.25) is 0 Å². The van der Waals surface area contributed by atoms with Crippen molar-refractivity contribution in [2.24, 2.45) is 7.05 Å². The van der Waals surface area contributed by atoms with Crippen LogP contribution in [-0.2, 0) is 7.05 Å². The summed E-state index contributed by atoms with van der Waals surface area (Å²) in [5.41, 5.74) is 0.884. The molecule has 2 amide bonds. The number of hydrogen-bond acceptors (Lipinski definition) is 6. The number of carbonyl (C=O) groups is 2. The van der Waals surface area contributed by atoms with E-state index in [1.54, 1.807) is 47.2 Å². The number of aromatic nitrogens is 3. The van der Waals surface area contributed by atoms with E-state index >= 15 is 0 Å². The molecule has 0 radical (unpaired) electrons. The molecule has 0 saturated heterocycles. The highest BCUT2D eigenvalue weighted by atomic mass is 32.2. The number of amides is 2. The molecule has 2 aromatic heterocycles. The van der Waals surface area contributed by atoms with Crippen LogP contribution in [-0.4, -0.2) is 37.4 Å². The molecule has 0 unspecified atom stereocenters. The first-order valence-electron chi connectivity index (χ1n) is 7.18. The van der Waals surface area contributed by atoms with Gasteiger partial charge in [0.25, 0.3) is 11.8 Å². The zero-order valence-electron chi connectivity index (χ0n) is 12.7. The van der Waals surface area contributed by atoms with Crippen LogP contribution in [0.15, 0.2) is 52.2 Å². The van der Waals surface area contributed by atoms with Gasteiger partial charge in [0.15, 0.2) is 16.7 Å². The van der Waals surface area contributed by atoms with Crippen LogP contribution in [0.2, 0.25) is 0 Å². The average Bonchev–Trinajstić information content (AvgIpc) is 3.29. The van der Waals surface area contributed by atoms with Gasteiger partial charge in [-0.25, -0.2) is 0 Å². The fraction of sp³-hybridized carbons (Fsp3) is 0.125. The highest BCUT2D eigenvalue weighted by Crippen LogP contribution is 2.28. The number of fused-ring (bicyclic) bond motifs is 1. The molecule has 1 aromatic carbocycles. The summed E-state index contributed by atoms with van der Waals surface area (Å²) in [7, 11) is 1.81. The van der Waals surface area contributed by atoms with E-state index in [-0.39, 0.29) is 17.7 Å². The number of furan rings is 1. The summed E-state index contributed by atoms with van der Waals surface area (Å²) in [5.74, 6) is 0.812. The SMILES string of the molecule is Cn1c(SCN2C(=O)c3ccccc3C2=O)nnc1-c1ccco1. The van der Waals surface area contributed by atoms with Crippen LogP contribution in [0.25, 0.3) is 11.6 Å². The molecule has 0 bridgehead atoms. The number of hydrogen-bond donors (Lipinski definition) is 0. The van der Waals surface area contributed by atoms with Crippen molar-refractivity contribution in [2.45, 2.75) is 5.16 Å². The van der Waals surface area contributed by atoms with Gasteiger partial charge in [0.1, 0.15) is 0 Å². The van der Waals surface area contributed by atoms with Crippen molar-refractivity contribution >= 4 is 23.6 Å². The molecule has 0 atom stereocenters. The minimum atomic E-state index is -0.281. The van der Waals surface area contributed by atoms with Crippen molar-refractivity contribution < 1.29 is 14.0 Å². The van der Waals surface area contributed by atoms with E-state index in [4.69, 9.17) is 4.42 Å². The average molecular weight is 340 g/mol. The van der Waals surface area contributed by atoms with Gasteiger partial charge in [-0.2, -0.15) is 0 Å². The van der Waals surface area contributed by atoms with E-state index in [2.05, 4.69) is 10.2 Å². The number of nitrogens with zero attached hydrogens (tertiary/aromatic N) is 4. The van der Waals surface area contributed by atoms with Gasteiger partial charge in [-0.05, 0) is 24.3 Å². The van der Waals surface area contributed by atoms with Crippen LogP contribution in [0.4, 0.5) is 0 Å². The molecule has 120 valence electrons. The van der Waals surface area contributed by atoms with Crippen LogP contribution < -0.4 is 0 Å². The third-order valence-electron chi connectivity index (χ3n) is 3.78. The standard InChI is InChI=1S/C16H12N4O3S/c1-19-13(12-7-4-8-23-12)17-18-16(19)24-9-20-14(21)10-5-2-3-6-11(10)15(20)22/h2-8H,9H2,1H3. The van der Waals surface area contributed by atoms with Gasteiger partial charge in [-0.15, -0.1) is 10.2 Å². The van der Waals surface area contributed by atoms with Crippen LogP contribution in [0.1, 0.15) is 20.7 Å². The van der Waals surface area contributed by atoms with Gasteiger partial charge in [0, 0.05) is 7.05 Å². The fourth-order valence-corrected chi connectivity index (χ4v) is 3.40. The normalized spacial score (nSPS) is 13.6. The van der Waals surface area contributed by atoms with Crippen LogP contribution >= 0.6 is 11.8 Å². The van der Waals surface area contributed by atoms with E-state index in [9.17, 15) is 9.59 Å². The molecule has 7 nitrogen and oxygen atoms in total. The molecule has 3 aromatic rings. The Balaban J connectivity index is 1.53. The molecular weight excluding hydrogens is 328 g/mol. The summed E-state index contributed by atoms with van der Waals surface area (Å²) in [6, 6.07) is 10.4. The van der Waals surface area contributed by atoms with Gasteiger partial charge in [-0.1, -0.05) is 23.9 Å². The highest BCUT2D eigenvalue weighted by molar-refractivity contribution is 7.99. The van der Waals surface area contributed by atoms with Crippen LogP contribution in [0.3, 0.4) is 0 Å². The first-order valence-corrected chi connectivity index (χ1v) is 8.16. The van der Waals surface area contributed by atoms with Gasteiger partial charge < -0.3 is 8.98 Å². The lowest BCUT2D eigenvalue weighted by molar-refractivity contribution is 0.0684. The quantitative estimate of drug-likeness (QED) is 0.536. The predicted octanol–water partition coefficient (Wildman–Crippen LogP) is 2.42. The summed E-state index contributed by atoms with van der Waals surface area (Å²) >= 11 is 1.27. The third kappa shape index (κ3) is 2.23. The van der Waals surface area contributed by atoms with Crippen molar-refractivity contribution in [3.05, 3.63) is 53.8 Å². The Hall–Kier alpha value is -2.87. The summed E-state index contributed by atoms with van der Waals surface area (Å²) in [4.78, 5) is 25.9. The molecule has 24 heavy (non-hydrogen) atoms. The molecule has 0 spiro atoms. The largest absolute Gasteiger partial charge is 0.461 e. The summed E-state index contributed by atoms with van der Waals surface area (Å²) in [6.45, 7) is 0. The van der Waals surface area contributed by atoms with Crippen molar-refractivity contribution in [1.82, 2.24) is 19.7 Å². The van der Waals surface area contributed by atoms with E-state index in [1.807, 2.05) is 7.05 Å². The second-order valence-corrected chi connectivity index (χ2v) is 6.11. The Labute approximate surface area is 141 Å². The topological polar surface area (TPSA) is 81.2 Å². The number of imide groups is 1. The first-order chi connectivity index (χ1) is 11.7. The highest BCUT2D eigenvalue weighted by Gasteiger charge is 2.35. The molecule has 0 saturated carbocycles. The lowest BCUT2D eigenvalue weighted by Crippen LogP contribution is -2.29. The Morgan fingerprint density at radius 1 is 1.04 bits per heavy atom. The number of rotatable bonds is 4. The zero-order valence-corrected chi connectivity index (χ0v) is 13.5. The minimum absolute atomic E-state index is 0.177. The zero-order chi connectivity index (χ0) is 16.7. The third-order valence-corrected chi connectivity index (χ3v) is 4.78. The van der Waals surface area contributed by atoms with Crippen molar-refractivity contribution in [2.75, 3.05) is 5.88 Å². The van der Waals surface area contributed by atoms with Crippen LogP contribution in [0.5, 0.6) is 0 Å². The maximum absolute atomic E-state index is 12.3. The maximum atomic E-state index is 12.3. The molecule has 3 heterocycles. The second-order valence-electron chi connectivity index (χ2n) is 5.20. The lowest BCUT2D eigenvalue weighted by Gasteiger charge is -2.12. The first kappa shape index (κ1) is 14.7. The smallest absolute Gasteiger partial charge is 0.262 e. The van der Waals surface area contributed by atoms with Gasteiger partial charge in [0.05, 0.1) is 23.3 Å². The van der Waals surface area contributed by atoms with E-state index in [0.29, 0.717) is 27.9 Å². The monoisotopic (exact) mass is 340 g/mol. The summed E-state index contributed by atoms with van der Waals surface area (Å²) in [5, 5.41) is 8.78. The van der Waals surface area contributed by atoms with E-state index in [1.165, 1.54) is 16.7 Å². The van der Waals surface area contributed by atoms with Crippen molar-refractivity contribution in [3.63, 3.8) is 0 Å². The second kappa shape index (κ2) is 5.64. The molecule has 4 rings (SSSR count). The molecule has 1 aliphatic heterocycles. The number of carbonyl (C=O) groups excluding carboxylic acids is 2. The summed E-state index contributed by atoms with van der Waals surface area (Å²) in [6.07, 6.45) is 1.57. The van der Waals surface area contributed by atoms with E-state index < -0.39 is 0 Å². The molecule has 8 heteroatoms. The Kier molecular flexibility index (Phi) is 3.46. The number of thioether (sulfide) groups is 1. The minimum Gasteiger partial charge on any atom is -0.461 e. The maximum Gasteiger partial charge on any atom is 0.262 e.